The number of nitrogens with zero attached hydrogens (tertiary/aromatic N) is 2. The number of carbonyl (C=O) groups is 2. The number of pyridine rings is 1. The SMILES string of the molecule is CC(NC(=O)C1CC(=O)N(Cc2ccccn2)C1)c1cccc(Br)c1. The van der Waals surface area contributed by atoms with Crippen molar-refractivity contribution in [3.05, 3.63) is 64.4 Å². The molecule has 3 rings (SSSR count). The number of halogens is 1. The molecule has 1 fully saturated rings. The van der Waals surface area contributed by atoms with Gasteiger partial charge in [-0.1, -0.05) is 34.1 Å². The number of benzene rings is 1. The fourth-order valence-electron chi connectivity index (χ4n) is 2.98. The van der Waals surface area contributed by atoms with E-state index in [1.807, 2.05) is 49.4 Å². The highest BCUT2D eigenvalue weighted by atomic mass is 79.9. The zero-order chi connectivity index (χ0) is 17.8. The van der Waals surface area contributed by atoms with Crippen LogP contribution in [0.3, 0.4) is 0 Å². The second-order valence-electron chi connectivity index (χ2n) is 6.28. The van der Waals surface area contributed by atoms with Crippen LogP contribution in [0.5, 0.6) is 0 Å². The highest BCUT2D eigenvalue weighted by Gasteiger charge is 2.34. The van der Waals surface area contributed by atoms with E-state index in [9.17, 15) is 9.59 Å². The third-order valence-corrected chi connectivity index (χ3v) is 4.86. The minimum Gasteiger partial charge on any atom is -0.349 e. The van der Waals surface area contributed by atoms with Gasteiger partial charge in [0.1, 0.15) is 0 Å². The van der Waals surface area contributed by atoms with Crippen molar-refractivity contribution in [1.82, 2.24) is 15.2 Å². The summed E-state index contributed by atoms with van der Waals surface area (Å²) in [7, 11) is 0. The van der Waals surface area contributed by atoms with E-state index in [2.05, 4.69) is 26.2 Å². The van der Waals surface area contributed by atoms with Crippen LogP contribution in [0.4, 0.5) is 0 Å². The van der Waals surface area contributed by atoms with Crippen LogP contribution >= 0.6 is 15.9 Å². The summed E-state index contributed by atoms with van der Waals surface area (Å²) in [6, 6.07) is 13.4. The molecule has 0 spiro atoms. The maximum absolute atomic E-state index is 12.5. The van der Waals surface area contributed by atoms with Crippen molar-refractivity contribution in [2.24, 2.45) is 5.92 Å². The van der Waals surface area contributed by atoms with E-state index in [0.717, 1.165) is 15.7 Å². The largest absolute Gasteiger partial charge is 0.349 e. The van der Waals surface area contributed by atoms with Crippen molar-refractivity contribution in [2.45, 2.75) is 25.9 Å². The van der Waals surface area contributed by atoms with Crippen molar-refractivity contribution in [1.29, 1.82) is 0 Å². The van der Waals surface area contributed by atoms with Gasteiger partial charge >= 0.3 is 0 Å². The van der Waals surface area contributed by atoms with Gasteiger partial charge in [0, 0.05) is 23.6 Å². The molecule has 0 radical (unpaired) electrons. The van der Waals surface area contributed by atoms with Gasteiger partial charge in [-0.25, -0.2) is 0 Å². The Hall–Kier alpha value is -2.21. The standard InChI is InChI=1S/C19H20BrN3O2/c1-13(14-5-4-6-16(20)9-14)22-19(25)15-10-18(24)23(11-15)12-17-7-2-3-8-21-17/h2-9,13,15H,10-12H2,1H3,(H,22,25). The lowest BCUT2D eigenvalue weighted by molar-refractivity contribution is -0.129. The maximum Gasteiger partial charge on any atom is 0.225 e. The minimum absolute atomic E-state index is 0.000844. The molecule has 2 amide bonds. The van der Waals surface area contributed by atoms with Crippen molar-refractivity contribution in [2.75, 3.05) is 6.54 Å². The molecule has 130 valence electrons. The highest BCUT2D eigenvalue weighted by Crippen LogP contribution is 2.22. The average molecular weight is 402 g/mol. The molecule has 2 unspecified atom stereocenters. The lowest BCUT2D eigenvalue weighted by Crippen LogP contribution is -2.34. The molecule has 1 aromatic heterocycles. The Morgan fingerprint density at radius 3 is 2.92 bits per heavy atom. The summed E-state index contributed by atoms with van der Waals surface area (Å²) in [5.41, 5.74) is 1.86. The zero-order valence-corrected chi connectivity index (χ0v) is 15.6. The molecule has 25 heavy (non-hydrogen) atoms. The van der Waals surface area contributed by atoms with Gasteiger partial charge in [0.2, 0.25) is 11.8 Å². The first-order chi connectivity index (χ1) is 12.0. The molecule has 1 N–H and O–H groups in total. The van der Waals surface area contributed by atoms with Crippen LogP contribution in [0.15, 0.2) is 53.1 Å². The molecule has 6 heteroatoms. The summed E-state index contributed by atoms with van der Waals surface area (Å²) in [5.74, 6) is -0.393. The summed E-state index contributed by atoms with van der Waals surface area (Å²) >= 11 is 3.44. The summed E-state index contributed by atoms with van der Waals surface area (Å²) in [4.78, 5) is 30.7. The number of aromatic nitrogens is 1. The quantitative estimate of drug-likeness (QED) is 0.836. The Morgan fingerprint density at radius 1 is 1.36 bits per heavy atom. The number of nitrogens with one attached hydrogen (secondary N) is 1. The molecule has 0 saturated carbocycles. The Balaban J connectivity index is 1.59. The fraction of sp³-hybridized carbons (Fsp3) is 0.316. The van der Waals surface area contributed by atoms with Crippen LogP contribution in [0.25, 0.3) is 0 Å². The topological polar surface area (TPSA) is 62.3 Å². The minimum atomic E-state index is -0.314. The first-order valence-electron chi connectivity index (χ1n) is 8.26. The maximum atomic E-state index is 12.5. The molecule has 2 aromatic rings. The van der Waals surface area contributed by atoms with Gasteiger partial charge in [0.25, 0.3) is 0 Å². The Bertz CT molecular complexity index is 766. The summed E-state index contributed by atoms with van der Waals surface area (Å²) < 4.78 is 0.976. The number of hydrogen-bond donors (Lipinski definition) is 1. The van der Waals surface area contributed by atoms with Gasteiger partial charge in [-0.05, 0) is 36.8 Å². The second kappa shape index (κ2) is 7.78. The predicted molar refractivity (Wildman–Crippen MR) is 98.5 cm³/mol. The molecular weight excluding hydrogens is 382 g/mol. The Labute approximate surface area is 155 Å². The molecule has 1 saturated heterocycles. The fourth-order valence-corrected chi connectivity index (χ4v) is 3.40. The van der Waals surface area contributed by atoms with E-state index in [-0.39, 0.29) is 30.2 Å². The number of rotatable bonds is 5. The molecule has 1 aliphatic rings. The van der Waals surface area contributed by atoms with Crippen LogP contribution in [0.1, 0.15) is 30.6 Å². The number of likely N-dealkylation sites (tertiary alicyclic amines) is 1. The molecule has 2 atom stereocenters. The molecule has 0 bridgehead atoms. The molecule has 1 aliphatic heterocycles. The Morgan fingerprint density at radius 2 is 2.20 bits per heavy atom. The third-order valence-electron chi connectivity index (χ3n) is 4.37. The van der Waals surface area contributed by atoms with Gasteiger partial charge in [-0.3, -0.25) is 14.6 Å². The third kappa shape index (κ3) is 4.45. The first kappa shape index (κ1) is 17.6. The van der Waals surface area contributed by atoms with Crippen LogP contribution in [0, 0.1) is 5.92 Å². The van der Waals surface area contributed by atoms with Crippen LogP contribution < -0.4 is 5.32 Å². The lowest BCUT2D eigenvalue weighted by atomic mass is 10.1. The number of carbonyl (C=O) groups excluding carboxylic acids is 2. The van der Waals surface area contributed by atoms with E-state index in [1.165, 1.54) is 0 Å². The molecule has 5 nitrogen and oxygen atoms in total. The van der Waals surface area contributed by atoms with E-state index < -0.39 is 0 Å². The zero-order valence-electron chi connectivity index (χ0n) is 14.0. The smallest absolute Gasteiger partial charge is 0.225 e. The van der Waals surface area contributed by atoms with Gasteiger partial charge in [-0.2, -0.15) is 0 Å². The van der Waals surface area contributed by atoms with E-state index in [1.54, 1.807) is 11.1 Å². The first-order valence-corrected chi connectivity index (χ1v) is 9.06. The van der Waals surface area contributed by atoms with Crippen LogP contribution in [-0.2, 0) is 16.1 Å². The molecular formula is C19H20BrN3O2. The van der Waals surface area contributed by atoms with E-state index in [0.29, 0.717) is 13.1 Å². The van der Waals surface area contributed by atoms with Gasteiger partial charge in [0.05, 0.1) is 24.2 Å². The van der Waals surface area contributed by atoms with Crippen molar-refractivity contribution >= 4 is 27.7 Å². The second-order valence-corrected chi connectivity index (χ2v) is 7.20. The van der Waals surface area contributed by atoms with E-state index >= 15 is 0 Å². The van der Waals surface area contributed by atoms with Crippen LogP contribution in [-0.4, -0.2) is 28.2 Å². The molecule has 1 aromatic carbocycles. The Kier molecular flexibility index (Phi) is 5.48. The van der Waals surface area contributed by atoms with Gasteiger partial charge in [-0.15, -0.1) is 0 Å². The summed E-state index contributed by atoms with van der Waals surface area (Å²) in [6.45, 7) is 2.83. The average Bonchev–Trinajstić information content (AvgIpc) is 2.96. The van der Waals surface area contributed by atoms with Crippen molar-refractivity contribution < 1.29 is 9.59 Å². The highest BCUT2D eigenvalue weighted by molar-refractivity contribution is 9.10. The number of amides is 2. The molecule has 0 aliphatic carbocycles. The summed E-state index contributed by atoms with van der Waals surface area (Å²) in [5, 5.41) is 3.02. The monoisotopic (exact) mass is 401 g/mol. The normalized spacial score (nSPS) is 18.2. The van der Waals surface area contributed by atoms with E-state index in [4.69, 9.17) is 0 Å². The molecule has 2 heterocycles. The van der Waals surface area contributed by atoms with Gasteiger partial charge < -0.3 is 10.2 Å². The van der Waals surface area contributed by atoms with Crippen molar-refractivity contribution in [3.8, 4) is 0 Å². The van der Waals surface area contributed by atoms with Gasteiger partial charge in [0.15, 0.2) is 0 Å². The summed E-state index contributed by atoms with van der Waals surface area (Å²) in [6.07, 6.45) is 1.96. The predicted octanol–water partition coefficient (Wildman–Crippen LogP) is 3.07. The number of hydrogen-bond acceptors (Lipinski definition) is 3. The van der Waals surface area contributed by atoms with Crippen LogP contribution in [0.2, 0.25) is 0 Å². The lowest BCUT2D eigenvalue weighted by Gasteiger charge is -2.18. The van der Waals surface area contributed by atoms with Crippen molar-refractivity contribution in [3.63, 3.8) is 0 Å².